The van der Waals surface area contributed by atoms with E-state index in [0.717, 1.165) is 0 Å². The van der Waals surface area contributed by atoms with Crippen molar-refractivity contribution in [1.29, 1.82) is 0 Å². The Bertz CT molecular complexity index is 229. The fourth-order valence-corrected chi connectivity index (χ4v) is 1.60. The highest BCUT2D eigenvalue weighted by atomic mass is 19.4. The minimum Gasteiger partial charge on any atom is -0.329 e. The lowest BCUT2D eigenvalue weighted by Crippen LogP contribution is -2.49. The molecule has 7 heteroatoms. The topological polar surface area (TPSA) is 58.4 Å². The highest BCUT2D eigenvalue weighted by Gasteiger charge is 2.29. The number of carbonyl (C=O) groups is 1. The third-order valence-corrected chi connectivity index (χ3v) is 2.45. The number of amides is 2. The quantitative estimate of drug-likeness (QED) is 0.759. The Morgan fingerprint density at radius 3 is 2.24 bits per heavy atom. The number of hydrogen-bond acceptors (Lipinski definition) is 2. The number of carbonyl (C=O) groups excluding carboxylic acids is 1. The van der Waals surface area contributed by atoms with E-state index in [-0.39, 0.29) is 19.1 Å². The first-order chi connectivity index (χ1) is 7.85. The third kappa shape index (κ3) is 6.35. The van der Waals surface area contributed by atoms with Gasteiger partial charge in [-0.25, -0.2) is 4.79 Å². The van der Waals surface area contributed by atoms with E-state index < -0.39 is 18.8 Å². The van der Waals surface area contributed by atoms with Gasteiger partial charge in [-0.15, -0.1) is 0 Å². The second-order valence-corrected chi connectivity index (χ2v) is 3.73. The lowest BCUT2D eigenvalue weighted by atomic mass is 10.1. The van der Waals surface area contributed by atoms with Crippen molar-refractivity contribution in [2.24, 2.45) is 5.73 Å². The predicted molar refractivity (Wildman–Crippen MR) is 59.6 cm³/mol. The molecule has 0 fully saturated rings. The zero-order chi connectivity index (χ0) is 13.5. The van der Waals surface area contributed by atoms with E-state index in [1.54, 1.807) is 0 Å². The van der Waals surface area contributed by atoms with Gasteiger partial charge in [0.2, 0.25) is 0 Å². The van der Waals surface area contributed by atoms with Gasteiger partial charge in [0.1, 0.15) is 6.54 Å². The number of rotatable bonds is 6. The average Bonchev–Trinajstić information content (AvgIpc) is 2.25. The second-order valence-electron chi connectivity index (χ2n) is 3.73. The number of hydrogen-bond donors (Lipinski definition) is 2. The molecule has 0 radical (unpaired) electrons. The molecule has 0 aliphatic rings. The Morgan fingerprint density at radius 2 is 1.88 bits per heavy atom. The molecule has 0 saturated carbocycles. The molecule has 0 aliphatic heterocycles. The van der Waals surface area contributed by atoms with Crippen LogP contribution in [0.25, 0.3) is 0 Å². The van der Waals surface area contributed by atoms with Crippen LogP contribution in [0, 0.1) is 0 Å². The molecule has 17 heavy (non-hydrogen) atoms. The van der Waals surface area contributed by atoms with Crippen molar-refractivity contribution in [3.63, 3.8) is 0 Å². The summed E-state index contributed by atoms with van der Waals surface area (Å²) in [4.78, 5) is 13.0. The largest absolute Gasteiger partial charge is 0.405 e. The minimum absolute atomic E-state index is 0.0771. The summed E-state index contributed by atoms with van der Waals surface area (Å²) in [6.45, 7) is 2.95. The molecule has 0 unspecified atom stereocenters. The van der Waals surface area contributed by atoms with Crippen LogP contribution in [0.1, 0.15) is 26.7 Å². The summed E-state index contributed by atoms with van der Waals surface area (Å²) in [6, 6.07) is -0.784. The van der Waals surface area contributed by atoms with Crippen LogP contribution in [-0.4, -0.2) is 42.8 Å². The minimum atomic E-state index is -4.39. The summed E-state index contributed by atoms with van der Waals surface area (Å²) >= 11 is 0. The molecule has 0 rings (SSSR count). The van der Waals surface area contributed by atoms with Gasteiger partial charge >= 0.3 is 12.2 Å². The summed E-state index contributed by atoms with van der Waals surface area (Å²) in [5, 5.41) is 1.86. The zero-order valence-corrected chi connectivity index (χ0v) is 10.2. The summed E-state index contributed by atoms with van der Waals surface area (Å²) in [7, 11) is 0. The Kier molecular flexibility index (Phi) is 6.94. The molecule has 0 heterocycles. The number of alkyl halides is 3. The van der Waals surface area contributed by atoms with Gasteiger partial charge in [-0.05, 0) is 12.8 Å². The monoisotopic (exact) mass is 255 g/mol. The molecule has 3 N–H and O–H groups in total. The summed E-state index contributed by atoms with van der Waals surface area (Å²) in [6.07, 6.45) is -3.01. The molecule has 0 aliphatic carbocycles. The van der Waals surface area contributed by atoms with Crippen LogP contribution < -0.4 is 11.1 Å². The Hall–Kier alpha value is -0.980. The summed E-state index contributed by atoms with van der Waals surface area (Å²) in [5.41, 5.74) is 5.35. The molecule has 0 atom stereocenters. The molecule has 2 amide bonds. The van der Waals surface area contributed by atoms with Gasteiger partial charge in [0.15, 0.2) is 0 Å². The number of nitrogens with zero attached hydrogens (tertiary/aromatic N) is 1. The summed E-state index contributed by atoms with van der Waals surface area (Å²) in [5.74, 6) is 0. The second kappa shape index (κ2) is 7.37. The first kappa shape index (κ1) is 16.0. The van der Waals surface area contributed by atoms with E-state index in [0.29, 0.717) is 12.8 Å². The van der Waals surface area contributed by atoms with E-state index in [4.69, 9.17) is 5.73 Å². The highest BCUT2D eigenvalue weighted by Crippen LogP contribution is 2.13. The molecular formula is C10H20F3N3O. The molecule has 0 aromatic carbocycles. The fraction of sp³-hybridized carbons (Fsp3) is 0.900. The van der Waals surface area contributed by atoms with Crippen LogP contribution in [0.5, 0.6) is 0 Å². The number of nitrogens with two attached hydrogens (primary N) is 1. The normalized spacial score (nSPS) is 11.7. The van der Waals surface area contributed by atoms with Crippen molar-refractivity contribution in [3.05, 3.63) is 0 Å². The first-order valence-corrected chi connectivity index (χ1v) is 5.67. The predicted octanol–water partition coefficient (Wildman–Crippen LogP) is 1.71. The SMILES string of the molecule is CCC(CC)N(CCN)C(=O)NCC(F)(F)F. The molecular weight excluding hydrogens is 235 g/mol. The van der Waals surface area contributed by atoms with Crippen LogP contribution in [0.15, 0.2) is 0 Å². The van der Waals surface area contributed by atoms with Crippen molar-refractivity contribution < 1.29 is 18.0 Å². The highest BCUT2D eigenvalue weighted by molar-refractivity contribution is 5.74. The van der Waals surface area contributed by atoms with Gasteiger partial charge < -0.3 is 16.0 Å². The third-order valence-electron chi connectivity index (χ3n) is 2.45. The zero-order valence-electron chi connectivity index (χ0n) is 10.2. The average molecular weight is 255 g/mol. The first-order valence-electron chi connectivity index (χ1n) is 5.67. The smallest absolute Gasteiger partial charge is 0.329 e. The van der Waals surface area contributed by atoms with Gasteiger partial charge in [0.05, 0.1) is 0 Å². The van der Waals surface area contributed by atoms with E-state index in [1.165, 1.54) is 4.90 Å². The maximum Gasteiger partial charge on any atom is 0.405 e. The maximum atomic E-state index is 12.0. The van der Waals surface area contributed by atoms with Crippen LogP contribution in [-0.2, 0) is 0 Å². The van der Waals surface area contributed by atoms with Crippen molar-refractivity contribution in [3.8, 4) is 0 Å². The van der Waals surface area contributed by atoms with Gasteiger partial charge in [-0.1, -0.05) is 13.8 Å². The summed E-state index contributed by atoms with van der Waals surface area (Å²) < 4.78 is 35.9. The number of urea groups is 1. The number of halogens is 3. The molecule has 4 nitrogen and oxygen atoms in total. The van der Waals surface area contributed by atoms with Gasteiger partial charge in [0.25, 0.3) is 0 Å². The van der Waals surface area contributed by atoms with Crippen LogP contribution in [0.3, 0.4) is 0 Å². The Morgan fingerprint density at radius 1 is 1.35 bits per heavy atom. The van der Waals surface area contributed by atoms with Gasteiger partial charge in [-0.3, -0.25) is 0 Å². The molecule has 102 valence electrons. The van der Waals surface area contributed by atoms with Crippen LogP contribution >= 0.6 is 0 Å². The van der Waals surface area contributed by atoms with E-state index >= 15 is 0 Å². The Labute approximate surface area is 99.3 Å². The molecule has 0 bridgehead atoms. The van der Waals surface area contributed by atoms with Crippen molar-refractivity contribution >= 4 is 6.03 Å². The molecule has 0 saturated heterocycles. The number of nitrogens with one attached hydrogen (secondary N) is 1. The van der Waals surface area contributed by atoms with E-state index in [2.05, 4.69) is 0 Å². The van der Waals surface area contributed by atoms with Gasteiger partial charge in [0, 0.05) is 19.1 Å². The van der Waals surface area contributed by atoms with E-state index in [9.17, 15) is 18.0 Å². The standard InChI is InChI=1S/C10H20F3N3O/c1-3-8(4-2)16(6-5-14)9(17)15-7-10(11,12)13/h8H,3-7,14H2,1-2H3,(H,15,17). The molecule has 0 aromatic heterocycles. The fourth-order valence-electron chi connectivity index (χ4n) is 1.60. The van der Waals surface area contributed by atoms with Crippen LogP contribution in [0.4, 0.5) is 18.0 Å². The van der Waals surface area contributed by atoms with Gasteiger partial charge in [-0.2, -0.15) is 13.2 Å². The molecule has 0 aromatic rings. The Balaban J connectivity index is 4.43. The molecule has 0 spiro atoms. The van der Waals surface area contributed by atoms with E-state index in [1.807, 2.05) is 19.2 Å². The maximum absolute atomic E-state index is 12.0. The van der Waals surface area contributed by atoms with Crippen molar-refractivity contribution in [2.75, 3.05) is 19.6 Å². The lowest BCUT2D eigenvalue weighted by Gasteiger charge is -2.30. The van der Waals surface area contributed by atoms with Crippen molar-refractivity contribution in [2.45, 2.75) is 38.9 Å². The van der Waals surface area contributed by atoms with Crippen LogP contribution in [0.2, 0.25) is 0 Å². The lowest BCUT2D eigenvalue weighted by molar-refractivity contribution is -0.123. The van der Waals surface area contributed by atoms with Crippen molar-refractivity contribution in [1.82, 2.24) is 10.2 Å².